The van der Waals surface area contributed by atoms with Gasteiger partial charge in [0.2, 0.25) is 5.91 Å². The highest BCUT2D eigenvalue weighted by atomic mass is 16.5. The molecule has 1 unspecified atom stereocenters. The predicted molar refractivity (Wildman–Crippen MR) is 79.7 cm³/mol. The molecule has 1 amide bonds. The minimum atomic E-state index is 0.0263. The highest BCUT2D eigenvalue weighted by Crippen LogP contribution is 2.22. The fraction of sp³-hybridized carbons (Fsp3) is 0.933. The molecule has 0 spiro atoms. The summed E-state index contributed by atoms with van der Waals surface area (Å²) < 4.78 is 5.31. The zero-order valence-electron chi connectivity index (χ0n) is 12.9. The summed E-state index contributed by atoms with van der Waals surface area (Å²) in [5.41, 5.74) is 0. The number of amides is 1. The molecular weight excluding hydrogens is 254 g/mol. The summed E-state index contributed by atoms with van der Waals surface area (Å²) in [6, 6.07) is 0.0263. The third kappa shape index (κ3) is 4.17. The van der Waals surface area contributed by atoms with Crippen molar-refractivity contribution in [3.63, 3.8) is 0 Å². The van der Waals surface area contributed by atoms with Crippen LogP contribution in [0.25, 0.3) is 0 Å². The van der Waals surface area contributed by atoms with Gasteiger partial charge in [-0.15, -0.1) is 0 Å². The lowest BCUT2D eigenvalue weighted by atomic mass is 9.92. The summed E-state index contributed by atoms with van der Waals surface area (Å²) in [7, 11) is 2.01. The van der Waals surface area contributed by atoms with E-state index in [0.717, 1.165) is 38.6 Å². The number of carbonyl (C=O) groups excluding carboxylic acids is 1. The van der Waals surface area contributed by atoms with E-state index in [9.17, 15) is 4.79 Å². The molecule has 1 atom stereocenters. The Labute approximate surface area is 122 Å². The Morgan fingerprint density at radius 2 is 1.90 bits per heavy atom. The van der Waals surface area contributed by atoms with Gasteiger partial charge in [-0.25, -0.2) is 0 Å². The van der Waals surface area contributed by atoms with Gasteiger partial charge in [-0.2, -0.15) is 0 Å². The fourth-order valence-corrected chi connectivity index (χ4v) is 3.18. The van der Waals surface area contributed by atoms with Gasteiger partial charge in [0.1, 0.15) is 0 Å². The molecule has 116 valence electrons. The van der Waals surface area contributed by atoms with E-state index in [-0.39, 0.29) is 11.9 Å². The van der Waals surface area contributed by atoms with Crippen LogP contribution in [0.4, 0.5) is 0 Å². The second-order valence-electron chi connectivity index (χ2n) is 5.99. The van der Waals surface area contributed by atoms with Crippen LogP contribution < -0.4 is 5.32 Å². The molecule has 0 aliphatic carbocycles. The van der Waals surface area contributed by atoms with Gasteiger partial charge in [0, 0.05) is 13.1 Å². The van der Waals surface area contributed by atoms with Crippen LogP contribution in [0.15, 0.2) is 0 Å². The highest BCUT2D eigenvalue weighted by molar-refractivity contribution is 5.81. The first-order chi connectivity index (χ1) is 9.72. The normalized spacial score (nSPS) is 23.8. The lowest BCUT2D eigenvalue weighted by Crippen LogP contribution is -2.52. The standard InChI is InChI=1S/C15H29N3O2/c1-13(15(19)18-9-11-20-12-10-18)17-7-4-14(5-8-17)3-6-16-2/h13-14,16H,3-12H2,1-2H3. The first-order valence-electron chi connectivity index (χ1n) is 7.97. The largest absolute Gasteiger partial charge is 0.378 e. The Bertz CT molecular complexity index is 297. The van der Waals surface area contributed by atoms with E-state index in [1.54, 1.807) is 0 Å². The predicted octanol–water partition coefficient (Wildman–Crippen LogP) is 0.555. The number of ether oxygens (including phenoxy) is 1. The SMILES string of the molecule is CNCCC1CCN(C(C)C(=O)N2CCOCC2)CC1. The van der Waals surface area contributed by atoms with E-state index < -0.39 is 0 Å². The minimum Gasteiger partial charge on any atom is -0.378 e. The maximum atomic E-state index is 12.5. The number of piperidine rings is 1. The first kappa shape index (κ1) is 15.7. The Morgan fingerprint density at radius 1 is 1.25 bits per heavy atom. The molecule has 0 aromatic heterocycles. The van der Waals surface area contributed by atoms with Crippen molar-refractivity contribution < 1.29 is 9.53 Å². The Hall–Kier alpha value is -0.650. The summed E-state index contributed by atoms with van der Waals surface area (Å²) in [5.74, 6) is 1.10. The maximum Gasteiger partial charge on any atom is 0.239 e. The van der Waals surface area contributed by atoms with E-state index in [1.165, 1.54) is 19.3 Å². The van der Waals surface area contributed by atoms with Gasteiger partial charge in [-0.1, -0.05) is 0 Å². The van der Waals surface area contributed by atoms with Crippen molar-refractivity contribution in [1.82, 2.24) is 15.1 Å². The van der Waals surface area contributed by atoms with Gasteiger partial charge in [-0.05, 0) is 58.8 Å². The molecule has 0 aromatic carbocycles. The second kappa shape index (κ2) is 7.96. The van der Waals surface area contributed by atoms with Crippen LogP contribution in [0, 0.1) is 5.92 Å². The van der Waals surface area contributed by atoms with Gasteiger partial charge in [0.25, 0.3) is 0 Å². The number of morpholine rings is 1. The summed E-state index contributed by atoms with van der Waals surface area (Å²) in [6.07, 6.45) is 3.71. The summed E-state index contributed by atoms with van der Waals surface area (Å²) >= 11 is 0. The average Bonchev–Trinajstić information content (AvgIpc) is 2.53. The quantitative estimate of drug-likeness (QED) is 0.800. The van der Waals surface area contributed by atoms with Gasteiger partial charge < -0.3 is 15.0 Å². The van der Waals surface area contributed by atoms with Crippen molar-refractivity contribution in [2.45, 2.75) is 32.2 Å². The van der Waals surface area contributed by atoms with Crippen LogP contribution in [-0.2, 0) is 9.53 Å². The van der Waals surface area contributed by atoms with Crippen LogP contribution in [-0.4, -0.2) is 74.7 Å². The molecule has 0 radical (unpaired) electrons. The van der Waals surface area contributed by atoms with Crippen LogP contribution in [0.2, 0.25) is 0 Å². The van der Waals surface area contributed by atoms with Crippen LogP contribution in [0.5, 0.6) is 0 Å². The highest BCUT2D eigenvalue weighted by Gasteiger charge is 2.29. The van der Waals surface area contributed by atoms with E-state index in [0.29, 0.717) is 13.2 Å². The van der Waals surface area contributed by atoms with E-state index in [1.807, 2.05) is 11.9 Å². The molecule has 0 aromatic rings. The topological polar surface area (TPSA) is 44.8 Å². The molecule has 2 heterocycles. The van der Waals surface area contributed by atoms with Crippen molar-refractivity contribution >= 4 is 5.91 Å². The molecule has 0 saturated carbocycles. The lowest BCUT2D eigenvalue weighted by Gasteiger charge is -2.38. The molecule has 5 heteroatoms. The van der Waals surface area contributed by atoms with Crippen molar-refractivity contribution in [2.24, 2.45) is 5.92 Å². The molecule has 0 bridgehead atoms. The molecular formula is C15H29N3O2. The number of hydrogen-bond donors (Lipinski definition) is 1. The number of rotatable bonds is 5. The van der Waals surface area contributed by atoms with E-state index in [4.69, 9.17) is 4.74 Å². The molecule has 2 aliphatic rings. The Kier molecular flexibility index (Phi) is 6.26. The second-order valence-corrected chi connectivity index (χ2v) is 5.99. The van der Waals surface area contributed by atoms with Gasteiger partial charge in [-0.3, -0.25) is 9.69 Å². The van der Waals surface area contributed by atoms with Crippen molar-refractivity contribution in [3.8, 4) is 0 Å². The number of hydrogen-bond acceptors (Lipinski definition) is 4. The van der Waals surface area contributed by atoms with Gasteiger partial charge in [0.05, 0.1) is 19.3 Å². The number of nitrogens with one attached hydrogen (secondary N) is 1. The minimum absolute atomic E-state index is 0.0263. The molecule has 2 fully saturated rings. The molecule has 2 aliphatic heterocycles. The fourth-order valence-electron chi connectivity index (χ4n) is 3.18. The third-order valence-electron chi connectivity index (χ3n) is 4.68. The molecule has 5 nitrogen and oxygen atoms in total. The molecule has 20 heavy (non-hydrogen) atoms. The smallest absolute Gasteiger partial charge is 0.239 e. The van der Waals surface area contributed by atoms with Gasteiger partial charge >= 0.3 is 0 Å². The molecule has 2 rings (SSSR count). The number of likely N-dealkylation sites (tertiary alicyclic amines) is 1. The van der Waals surface area contributed by atoms with E-state index in [2.05, 4.69) is 17.1 Å². The van der Waals surface area contributed by atoms with Crippen molar-refractivity contribution in [3.05, 3.63) is 0 Å². The van der Waals surface area contributed by atoms with Crippen LogP contribution >= 0.6 is 0 Å². The molecule has 2 saturated heterocycles. The number of carbonyl (C=O) groups is 1. The van der Waals surface area contributed by atoms with Gasteiger partial charge in [0.15, 0.2) is 0 Å². The molecule has 1 N–H and O–H groups in total. The maximum absolute atomic E-state index is 12.5. The van der Waals surface area contributed by atoms with E-state index >= 15 is 0 Å². The summed E-state index contributed by atoms with van der Waals surface area (Å²) in [6.45, 7) is 8.16. The zero-order chi connectivity index (χ0) is 14.4. The summed E-state index contributed by atoms with van der Waals surface area (Å²) in [4.78, 5) is 16.8. The zero-order valence-corrected chi connectivity index (χ0v) is 12.9. The monoisotopic (exact) mass is 283 g/mol. The average molecular weight is 283 g/mol. The van der Waals surface area contributed by atoms with Crippen LogP contribution in [0.3, 0.4) is 0 Å². The van der Waals surface area contributed by atoms with Crippen molar-refractivity contribution in [2.75, 3.05) is 53.0 Å². The lowest BCUT2D eigenvalue weighted by molar-refractivity contribution is -0.141. The Morgan fingerprint density at radius 3 is 2.50 bits per heavy atom. The third-order valence-corrected chi connectivity index (χ3v) is 4.68. The van der Waals surface area contributed by atoms with Crippen LogP contribution in [0.1, 0.15) is 26.2 Å². The number of nitrogens with zero attached hydrogens (tertiary/aromatic N) is 2. The summed E-state index contributed by atoms with van der Waals surface area (Å²) in [5, 5.41) is 3.22. The Balaban J connectivity index is 1.75. The first-order valence-corrected chi connectivity index (χ1v) is 7.97. The van der Waals surface area contributed by atoms with Crippen molar-refractivity contribution in [1.29, 1.82) is 0 Å².